The lowest BCUT2D eigenvalue weighted by Crippen LogP contribution is -2.37. The van der Waals surface area contributed by atoms with E-state index in [0.717, 1.165) is 27.1 Å². The number of anilines is 2. The minimum Gasteiger partial charge on any atom is -0.323 e. The van der Waals surface area contributed by atoms with Crippen LogP contribution in [0.3, 0.4) is 0 Å². The lowest BCUT2D eigenvalue weighted by Gasteiger charge is -2.24. The van der Waals surface area contributed by atoms with E-state index in [9.17, 15) is 13.2 Å². The van der Waals surface area contributed by atoms with Gasteiger partial charge in [-0.3, -0.25) is 14.1 Å². The van der Waals surface area contributed by atoms with Crippen molar-refractivity contribution in [2.24, 2.45) is 0 Å². The number of nitrogens with zero attached hydrogens (tertiary/aromatic N) is 2. The number of aromatic nitrogens is 1. The Hall–Kier alpha value is -2.93. The number of aryl methyl sites for hydroxylation is 2. The minimum absolute atomic E-state index is 0.314. The number of rotatable bonds is 5. The number of fused-ring (bicyclic) bond motifs is 1. The maximum atomic E-state index is 12.6. The molecule has 0 radical (unpaired) electrons. The summed E-state index contributed by atoms with van der Waals surface area (Å²) in [4.78, 5) is 16.9. The summed E-state index contributed by atoms with van der Waals surface area (Å²) >= 11 is 0. The number of para-hydroxylation sites is 1. The van der Waals surface area contributed by atoms with Crippen molar-refractivity contribution in [2.45, 2.75) is 13.8 Å². The first kappa shape index (κ1) is 18.8. The number of hydrogen-bond donors (Lipinski definition) is 1. The largest absolute Gasteiger partial charge is 0.323 e. The predicted octanol–water partition coefficient (Wildman–Crippen LogP) is 3.26. The van der Waals surface area contributed by atoms with E-state index >= 15 is 0 Å². The van der Waals surface area contributed by atoms with Gasteiger partial charge in [0.05, 0.1) is 23.1 Å². The molecule has 0 aliphatic heterocycles. The van der Waals surface area contributed by atoms with Gasteiger partial charge in [0.2, 0.25) is 15.9 Å². The number of benzene rings is 2. The summed E-state index contributed by atoms with van der Waals surface area (Å²) in [7, 11) is -3.63. The SMILES string of the molecule is Cc1ccc(N(CC(=O)Nc2cccc3cccnc23)S(C)(=O)=O)c(C)c1. The number of sulfonamides is 1. The van der Waals surface area contributed by atoms with Crippen molar-refractivity contribution in [2.75, 3.05) is 22.4 Å². The van der Waals surface area contributed by atoms with Crippen molar-refractivity contribution in [3.63, 3.8) is 0 Å². The van der Waals surface area contributed by atoms with Crippen molar-refractivity contribution in [1.82, 2.24) is 4.98 Å². The Kier molecular flexibility index (Phi) is 5.14. The van der Waals surface area contributed by atoms with Crippen LogP contribution in [0, 0.1) is 13.8 Å². The van der Waals surface area contributed by atoms with Crippen LogP contribution in [0.4, 0.5) is 11.4 Å². The van der Waals surface area contributed by atoms with Crippen LogP contribution in [0.5, 0.6) is 0 Å². The first-order valence-electron chi connectivity index (χ1n) is 8.44. The van der Waals surface area contributed by atoms with Crippen molar-refractivity contribution >= 4 is 38.2 Å². The van der Waals surface area contributed by atoms with Crippen LogP contribution < -0.4 is 9.62 Å². The second-order valence-electron chi connectivity index (χ2n) is 6.49. The zero-order valence-corrected chi connectivity index (χ0v) is 16.2. The summed E-state index contributed by atoms with van der Waals surface area (Å²) in [6.07, 6.45) is 2.75. The van der Waals surface area contributed by atoms with E-state index in [0.29, 0.717) is 16.9 Å². The molecule has 1 aromatic heterocycles. The van der Waals surface area contributed by atoms with Crippen LogP contribution in [0.2, 0.25) is 0 Å². The summed E-state index contributed by atoms with van der Waals surface area (Å²) in [6.45, 7) is 3.45. The van der Waals surface area contributed by atoms with Crippen molar-refractivity contribution in [3.05, 3.63) is 65.9 Å². The van der Waals surface area contributed by atoms with Crippen molar-refractivity contribution in [1.29, 1.82) is 0 Å². The first-order valence-corrected chi connectivity index (χ1v) is 10.3. The molecule has 2 aromatic carbocycles. The molecular formula is C20H21N3O3S. The third-order valence-corrected chi connectivity index (χ3v) is 5.34. The van der Waals surface area contributed by atoms with Gasteiger partial charge in [-0.2, -0.15) is 0 Å². The molecule has 0 spiro atoms. The normalized spacial score (nSPS) is 11.4. The van der Waals surface area contributed by atoms with Gasteiger partial charge in [0, 0.05) is 11.6 Å². The molecule has 27 heavy (non-hydrogen) atoms. The highest BCUT2D eigenvalue weighted by molar-refractivity contribution is 7.92. The maximum absolute atomic E-state index is 12.6. The van der Waals surface area contributed by atoms with Gasteiger partial charge in [-0.15, -0.1) is 0 Å². The molecule has 0 bridgehead atoms. The fourth-order valence-corrected chi connectivity index (χ4v) is 3.91. The minimum atomic E-state index is -3.63. The summed E-state index contributed by atoms with van der Waals surface area (Å²) in [5.74, 6) is -0.432. The Balaban J connectivity index is 1.89. The molecule has 0 atom stereocenters. The highest BCUT2D eigenvalue weighted by Gasteiger charge is 2.22. The molecule has 0 saturated heterocycles. The van der Waals surface area contributed by atoms with Gasteiger partial charge < -0.3 is 5.32 Å². The molecule has 0 unspecified atom stereocenters. The number of carbonyl (C=O) groups excluding carboxylic acids is 1. The van der Waals surface area contributed by atoms with Crippen LogP contribution in [-0.4, -0.2) is 32.1 Å². The molecule has 1 amide bonds. The van der Waals surface area contributed by atoms with E-state index in [2.05, 4.69) is 10.3 Å². The Bertz CT molecular complexity index is 1110. The predicted molar refractivity (Wildman–Crippen MR) is 108 cm³/mol. The first-order chi connectivity index (χ1) is 12.8. The van der Waals surface area contributed by atoms with Crippen molar-refractivity contribution in [3.8, 4) is 0 Å². The third kappa shape index (κ3) is 4.25. The van der Waals surface area contributed by atoms with Gasteiger partial charge >= 0.3 is 0 Å². The van der Waals surface area contributed by atoms with Crippen LogP contribution in [0.1, 0.15) is 11.1 Å². The molecule has 0 aliphatic carbocycles. The maximum Gasteiger partial charge on any atom is 0.245 e. The van der Waals surface area contributed by atoms with E-state index in [1.54, 1.807) is 18.3 Å². The fourth-order valence-electron chi connectivity index (χ4n) is 2.99. The van der Waals surface area contributed by atoms with Crippen LogP contribution in [-0.2, 0) is 14.8 Å². The Morgan fingerprint density at radius 2 is 1.85 bits per heavy atom. The number of pyridine rings is 1. The van der Waals surface area contributed by atoms with Gasteiger partial charge in [-0.1, -0.05) is 35.9 Å². The Labute approximate surface area is 158 Å². The Morgan fingerprint density at radius 3 is 2.56 bits per heavy atom. The van der Waals surface area contributed by atoms with Gasteiger partial charge in [-0.05, 0) is 37.6 Å². The molecule has 1 N–H and O–H groups in total. The van der Waals surface area contributed by atoms with Gasteiger partial charge in [0.25, 0.3) is 0 Å². The van der Waals surface area contributed by atoms with Crippen LogP contribution >= 0.6 is 0 Å². The molecule has 1 heterocycles. The van der Waals surface area contributed by atoms with Crippen LogP contribution in [0.15, 0.2) is 54.7 Å². The molecule has 0 fully saturated rings. The van der Waals surface area contributed by atoms with E-state index < -0.39 is 15.9 Å². The summed E-state index contributed by atoms with van der Waals surface area (Å²) < 4.78 is 25.7. The van der Waals surface area contributed by atoms with Gasteiger partial charge in [0.15, 0.2) is 0 Å². The molecule has 0 saturated carbocycles. The number of nitrogens with one attached hydrogen (secondary N) is 1. The number of carbonyl (C=O) groups is 1. The second kappa shape index (κ2) is 7.36. The average Bonchev–Trinajstić information content (AvgIpc) is 2.60. The average molecular weight is 383 g/mol. The molecular weight excluding hydrogens is 362 g/mol. The van der Waals surface area contributed by atoms with Crippen LogP contribution in [0.25, 0.3) is 10.9 Å². The third-order valence-electron chi connectivity index (χ3n) is 4.22. The monoisotopic (exact) mass is 383 g/mol. The summed E-state index contributed by atoms with van der Waals surface area (Å²) in [6, 6.07) is 14.6. The smallest absolute Gasteiger partial charge is 0.245 e. The molecule has 0 aliphatic rings. The lowest BCUT2D eigenvalue weighted by molar-refractivity contribution is -0.114. The standard InChI is InChI=1S/C20H21N3O3S/c1-14-9-10-18(15(2)12-14)23(27(3,25)26)13-19(24)22-17-8-4-6-16-7-5-11-21-20(16)17/h4-12H,13H2,1-3H3,(H,22,24). The van der Waals surface area contributed by atoms with E-state index in [1.807, 2.05) is 50.2 Å². The van der Waals surface area contributed by atoms with Gasteiger partial charge in [-0.25, -0.2) is 8.42 Å². The zero-order chi connectivity index (χ0) is 19.6. The lowest BCUT2D eigenvalue weighted by atomic mass is 10.1. The topological polar surface area (TPSA) is 79.4 Å². The number of amides is 1. The van der Waals surface area contributed by atoms with Gasteiger partial charge in [0.1, 0.15) is 6.54 Å². The van der Waals surface area contributed by atoms with E-state index in [1.165, 1.54) is 0 Å². The highest BCUT2D eigenvalue weighted by atomic mass is 32.2. The van der Waals surface area contributed by atoms with Crippen molar-refractivity contribution < 1.29 is 13.2 Å². The second-order valence-corrected chi connectivity index (χ2v) is 8.40. The zero-order valence-electron chi connectivity index (χ0n) is 15.4. The van der Waals surface area contributed by atoms with E-state index in [4.69, 9.17) is 0 Å². The highest BCUT2D eigenvalue weighted by Crippen LogP contribution is 2.24. The molecule has 6 nitrogen and oxygen atoms in total. The quantitative estimate of drug-likeness (QED) is 0.733. The fraction of sp³-hybridized carbons (Fsp3) is 0.200. The van der Waals surface area contributed by atoms with E-state index in [-0.39, 0.29) is 6.54 Å². The molecule has 7 heteroatoms. The molecule has 140 valence electrons. The molecule has 3 aromatic rings. The molecule has 3 rings (SSSR count). The Morgan fingerprint density at radius 1 is 1.11 bits per heavy atom. The number of hydrogen-bond acceptors (Lipinski definition) is 4. The summed E-state index contributed by atoms with van der Waals surface area (Å²) in [5.41, 5.74) is 3.52. The summed E-state index contributed by atoms with van der Waals surface area (Å²) in [5, 5.41) is 3.67.